The third-order valence-electron chi connectivity index (χ3n) is 2.70. The number of benzene rings is 1. The Morgan fingerprint density at radius 2 is 2.00 bits per heavy atom. The van der Waals surface area contributed by atoms with Crippen molar-refractivity contribution in [2.24, 2.45) is 7.05 Å². The lowest BCUT2D eigenvalue weighted by Crippen LogP contribution is -2.23. The van der Waals surface area contributed by atoms with E-state index in [4.69, 9.17) is 0 Å². The van der Waals surface area contributed by atoms with E-state index in [-0.39, 0.29) is 11.3 Å². The summed E-state index contributed by atoms with van der Waals surface area (Å²) in [5.74, 6) is -0.129. The number of aromatic nitrogens is 1. The Morgan fingerprint density at radius 1 is 1.33 bits per heavy atom. The largest absolute Gasteiger partial charge is 0.872 e. The van der Waals surface area contributed by atoms with E-state index < -0.39 is 0 Å². The number of pyridine rings is 1. The fraction of sp³-hybridized carbons (Fsp3) is 0.250. The van der Waals surface area contributed by atoms with Crippen LogP contribution in [0, 0.1) is 0 Å². The van der Waals surface area contributed by atoms with E-state index >= 15 is 0 Å². The molecule has 0 amide bonds. The monoisotopic (exact) mass is 202 g/mol. The van der Waals surface area contributed by atoms with Gasteiger partial charge >= 0.3 is 0 Å². The van der Waals surface area contributed by atoms with Crippen LogP contribution in [0.3, 0.4) is 0 Å². The molecule has 0 spiro atoms. The van der Waals surface area contributed by atoms with Crippen LogP contribution in [0.15, 0.2) is 29.1 Å². The van der Waals surface area contributed by atoms with Crippen molar-refractivity contribution in [2.45, 2.75) is 13.3 Å². The van der Waals surface area contributed by atoms with E-state index in [1.54, 1.807) is 19.2 Å². The molecule has 15 heavy (non-hydrogen) atoms. The Kier molecular flexibility index (Phi) is 2.23. The zero-order valence-corrected chi connectivity index (χ0v) is 8.78. The highest BCUT2D eigenvalue weighted by Gasteiger charge is 2.06. The van der Waals surface area contributed by atoms with Gasteiger partial charge in [-0.1, -0.05) is 30.9 Å². The first-order chi connectivity index (χ1) is 7.16. The quantitative estimate of drug-likeness (QED) is 0.697. The first kappa shape index (κ1) is 9.77. The second-order valence-electron chi connectivity index (χ2n) is 3.54. The van der Waals surface area contributed by atoms with E-state index in [1.807, 2.05) is 19.1 Å². The molecule has 0 fully saturated rings. The number of hydrogen-bond acceptors (Lipinski definition) is 2. The van der Waals surface area contributed by atoms with Crippen LogP contribution in [0.2, 0.25) is 0 Å². The highest BCUT2D eigenvalue weighted by atomic mass is 16.3. The van der Waals surface area contributed by atoms with Gasteiger partial charge in [0, 0.05) is 12.6 Å². The molecule has 0 unspecified atom stereocenters. The normalized spacial score (nSPS) is 10.8. The average Bonchev–Trinajstić information content (AvgIpc) is 2.27. The van der Waals surface area contributed by atoms with Gasteiger partial charge in [0.1, 0.15) is 0 Å². The average molecular weight is 202 g/mol. The summed E-state index contributed by atoms with van der Waals surface area (Å²) in [7, 11) is 1.70. The molecule has 3 heteroatoms. The maximum atomic E-state index is 11.9. The molecule has 0 aliphatic rings. The van der Waals surface area contributed by atoms with E-state index in [0.717, 1.165) is 0 Å². The Hall–Kier alpha value is -1.77. The first-order valence-electron chi connectivity index (χ1n) is 4.94. The number of rotatable bonds is 1. The third kappa shape index (κ3) is 1.31. The third-order valence-corrected chi connectivity index (χ3v) is 2.70. The molecule has 1 heterocycles. The Balaban J connectivity index is 3.03. The zero-order chi connectivity index (χ0) is 11.0. The summed E-state index contributed by atoms with van der Waals surface area (Å²) in [4.78, 5) is 11.8. The highest BCUT2D eigenvalue weighted by Crippen LogP contribution is 2.22. The molecule has 0 N–H and O–H groups in total. The van der Waals surface area contributed by atoms with Crippen molar-refractivity contribution in [1.29, 1.82) is 0 Å². The van der Waals surface area contributed by atoms with Crippen LogP contribution in [0.5, 0.6) is 5.75 Å². The van der Waals surface area contributed by atoms with E-state index in [9.17, 15) is 9.90 Å². The van der Waals surface area contributed by atoms with Gasteiger partial charge in [-0.15, -0.1) is 0 Å². The predicted octanol–water partition coefficient (Wildman–Crippen LogP) is 1.17. The van der Waals surface area contributed by atoms with Crippen molar-refractivity contribution in [3.63, 3.8) is 0 Å². The van der Waals surface area contributed by atoms with Crippen molar-refractivity contribution in [3.05, 3.63) is 40.2 Å². The van der Waals surface area contributed by atoms with Gasteiger partial charge in [-0.2, -0.15) is 0 Å². The SMILES string of the molecule is CCc1c([O-])c2ccccc2n(C)c1=O. The number of para-hydroxylation sites is 1. The van der Waals surface area contributed by atoms with Crippen LogP contribution >= 0.6 is 0 Å². The van der Waals surface area contributed by atoms with Gasteiger partial charge < -0.3 is 9.67 Å². The number of hydrogen-bond donors (Lipinski definition) is 0. The summed E-state index contributed by atoms with van der Waals surface area (Å²) in [6, 6.07) is 7.19. The Labute approximate surface area is 87.6 Å². The number of aryl methyl sites for hydroxylation is 1. The second-order valence-corrected chi connectivity index (χ2v) is 3.54. The van der Waals surface area contributed by atoms with Gasteiger partial charge in [-0.05, 0) is 17.9 Å². The summed E-state index contributed by atoms with van der Waals surface area (Å²) in [5, 5.41) is 12.5. The molecular formula is C12H12NO2-. The van der Waals surface area contributed by atoms with Crippen LogP contribution in [0.4, 0.5) is 0 Å². The zero-order valence-electron chi connectivity index (χ0n) is 8.78. The predicted molar refractivity (Wildman–Crippen MR) is 58.0 cm³/mol. The molecule has 3 nitrogen and oxygen atoms in total. The maximum Gasteiger partial charge on any atom is 0.253 e. The molecule has 0 aliphatic carbocycles. The maximum absolute atomic E-state index is 11.9. The fourth-order valence-electron chi connectivity index (χ4n) is 1.84. The smallest absolute Gasteiger partial charge is 0.253 e. The first-order valence-corrected chi connectivity index (χ1v) is 4.94. The lowest BCUT2D eigenvalue weighted by molar-refractivity contribution is -0.267. The van der Waals surface area contributed by atoms with Gasteiger partial charge in [0.2, 0.25) is 0 Å². The lowest BCUT2D eigenvalue weighted by Gasteiger charge is -2.17. The lowest BCUT2D eigenvalue weighted by atomic mass is 10.1. The van der Waals surface area contributed by atoms with Crippen LogP contribution in [0.25, 0.3) is 10.9 Å². The molecule has 0 radical (unpaired) electrons. The van der Waals surface area contributed by atoms with Gasteiger partial charge in [0.25, 0.3) is 5.56 Å². The van der Waals surface area contributed by atoms with Gasteiger partial charge in [0.15, 0.2) is 0 Å². The Bertz CT molecular complexity index is 570. The topological polar surface area (TPSA) is 45.1 Å². The van der Waals surface area contributed by atoms with Gasteiger partial charge in [0.05, 0.1) is 5.52 Å². The molecule has 78 valence electrons. The molecule has 1 aromatic heterocycles. The van der Waals surface area contributed by atoms with Crippen LogP contribution in [0.1, 0.15) is 12.5 Å². The van der Waals surface area contributed by atoms with Crippen molar-refractivity contribution in [3.8, 4) is 5.75 Å². The Morgan fingerprint density at radius 3 is 2.67 bits per heavy atom. The van der Waals surface area contributed by atoms with Crippen molar-refractivity contribution < 1.29 is 5.11 Å². The van der Waals surface area contributed by atoms with Crippen LogP contribution < -0.4 is 10.7 Å². The fourth-order valence-corrected chi connectivity index (χ4v) is 1.84. The summed E-state index contributed by atoms with van der Waals surface area (Å²) < 4.78 is 1.54. The summed E-state index contributed by atoms with van der Waals surface area (Å²) in [5.41, 5.74) is 0.891. The summed E-state index contributed by atoms with van der Waals surface area (Å²) >= 11 is 0. The number of nitrogens with zero attached hydrogens (tertiary/aromatic N) is 1. The second kappa shape index (κ2) is 3.42. The minimum Gasteiger partial charge on any atom is -0.872 e. The molecule has 0 saturated heterocycles. The summed E-state index contributed by atoms with van der Waals surface area (Å²) in [6.45, 7) is 1.83. The molecule has 0 bridgehead atoms. The van der Waals surface area contributed by atoms with Crippen molar-refractivity contribution >= 4 is 10.9 Å². The van der Waals surface area contributed by atoms with Gasteiger partial charge in [-0.3, -0.25) is 4.79 Å². The molecular weight excluding hydrogens is 190 g/mol. The highest BCUT2D eigenvalue weighted by molar-refractivity contribution is 5.85. The molecule has 0 aliphatic heterocycles. The molecule has 2 aromatic rings. The van der Waals surface area contributed by atoms with Crippen molar-refractivity contribution in [2.75, 3.05) is 0 Å². The number of fused-ring (bicyclic) bond motifs is 1. The molecule has 0 atom stereocenters. The minimum atomic E-state index is -0.179. The summed E-state index contributed by atoms with van der Waals surface area (Å²) in [6.07, 6.45) is 0.482. The van der Waals surface area contributed by atoms with E-state index in [1.165, 1.54) is 4.57 Å². The van der Waals surface area contributed by atoms with Crippen LogP contribution in [-0.4, -0.2) is 4.57 Å². The van der Waals surface area contributed by atoms with E-state index in [2.05, 4.69) is 0 Å². The molecule has 2 rings (SSSR count). The van der Waals surface area contributed by atoms with Crippen LogP contribution in [-0.2, 0) is 13.5 Å². The van der Waals surface area contributed by atoms with E-state index in [0.29, 0.717) is 22.9 Å². The standard InChI is InChI=1S/C12H13NO2/c1-3-8-11(14)9-6-4-5-7-10(9)13(2)12(8)15/h4-7,14H,3H2,1-2H3/p-1. The van der Waals surface area contributed by atoms with Crippen molar-refractivity contribution in [1.82, 2.24) is 4.57 Å². The minimum absolute atomic E-state index is 0.129. The molecule has 0 saturated carbocycles. The van der Waals surface area contributed by atoms with Gasteiger partial charge in [-0.25, -0.2) is 0 Å². The molecule has 1 aromatic carbocycles.